The second kappa shape index (κ2) is 5.22. The summed E-state index contributed by atoms with van der Waals surface area (Å²) < 4.78 is 28.3. The summed E-state index contributed by atoms with van der Waals surface area (Å²) in [6.07, 6.45) is 2.87. The van der Waals surface area contributed by atoms with Gasteiger partial charge in [-0.25, -0.2) is 4.98 Å². The second-order valence-corrected chi connectivity index (χ2v) is 5.69. The van der Waals surface area contributed by atoms with Crippen molar-refractivity contribution in [2.45, 2.75) is 18.5 Å². The van der Waals surface area contributed by atoms with E-state index in [4.69, 9.17) is 11.0 Å². The van der Waals surface area contributed by atoms with Crippen LogP contribution in [-0.2, 0) is 16.6 Å². The third-order valence-electron chi connectivity index (χ3n) is 2.68. The maximum atomic E-state index is 12.1. The van der Waals surface area contributed by atoms with Gasteiger partial charge < -0.3 is 10.3 Å². The second-order valence-electron chi connectivity index (χ2n) is 4.06. The smallest absolute Gasteiger partial charge is 0.281 e. The number of hydrogen-bond acceptors (Lipinski definition) is 5. The number of nitrogens with zero attached hydrogens (tertiary/aromatic N) is 3. The Bertz CT molecular complexity index is 773. The summed E-state index contributed by atoms with van der Waals surface area (Å²) in [6, 6.07) is 6.26. The normalized spacial score (nSPS) is 11.0. The van der Waals surface area contributed by atoms with Crippen LogP contribution in [-0.4, -0.2) is 18.0 Å². The van der Waals surface area contributed by atoms with Gasteiger partial charge in [0.15, 0.2) is 5.03 Å². The van der Waals surface area contributed by atoms with Crippen LogP contribution in [0.4, 0.5) is 11.4 Å². The fourth-order valence-electron chi connectivity index (χ4n) is 1.57. The van der Waals surface area contributed by atoms with Crippen LogP contribution in [0.1, 0.15) is 12.5 Å². The largest absolute Gasteiger partial charge is 0.397 e. The van der Waals surface area contributed by atoms with Crippen LogP contribution in [0.2, 0.25) is 0 Å². The maximum absolute atomic E-state index is 12.1. The molecular formula is C12H13N5O2S. The molecule has 1 aromatic heterocycles. The fraction of sp³-hybridized carbons (Fsp3) is 0.167. The van der Waals surface area contributed by atoms with Gasteiger partial charge in [-0.1, -0.05) is 0 Å². The number of benzene rings is 1. The van der Waals surface area contributed by atoms with Crippen molar-refractivity contribution in [2.24, 2.45) is 0 Å². The molecule has 0 aliphatic carbocycles. The van der Waals surface area contributed by atoms with Crippen molar-refractivity contribution in [2.75, 3.05) is 10.5 Å². The average molecular weight is 291 g/mol. The Morgan fingerprint density at radius 1 is 1.50 bits per heavy atom. The number of nitrogen functional groups attached to an aromatic ring is 1. The Hall–Kier alpha value is -2.53. The Labute approximate surface area is 116 Å². The van der Waals surface area contributed by atoms with Crippen LogP contribution in [0.15, 0.2) is 35.7 Å². The van der Waals surface area contributed by atoms with Gasteiger partial charge in [0.25, 0.3) is 10.0 Å². The van der Waals surface area contributed by atoms with Crippen molar-refractivity contribution in [3.8, 4) is 6.07 Å². The van der Waals surface area contributed by atoms with E-state index in [2.05, 4.69) is 9.71 Å². The Balaban J connectivity index is 2.31. The molecular weight excluding hydrogens is 278 g/mol. The first-order chi connectivity index (χ1) is 9.46. The molecule has 104 valence electrons. The minimum atomic E-state index is -3.79. The van der Waals surface area contributed by atoms with Crippen LogP contribution in [0.3, 0.4) is 0 Å². The molecule has 0 unspecified atom stereocenters. The van der Waals surface area contributed by atoms with Crippen LogP contribution in [0, 0.1) is 11.3 Å². The molecule has 0 aliphatic heterocycles. The molecule has 0 aliphatic rings. The lowest BCUT2D eigenvalue weighted by Crippen LogP contribution is -2.14. The molecule has 8 heteroatoms. The number of imidazole rings is 1. The lowest BCUT2D eigenvalue weighted by Gasteiger charge is -2.08. The van der Waals surface area contributed by atoms with Gasteiger partial charge in [0.2, 0.25) is 0 Å². The van der Waals surface area contributed by atoms with E-state index in [0.29, 0.717) is 12.1 Å². The number of aromatic nitrogens is 2. The van der Waals surface area contributed by atoms with E-state index in [1.54, 1.807) is 4.57 Å². The zero-order valence-electron chi connectivity index (χ0n) is 10.7. The third kappa shape index (κ3) is 2.73. The number of nitrogens with one attached hydrogen (secondary N) is 1. The lowest BCUT2D eigenvalue weighted by atomic mass is 10.2. The van der Waals surface area contributed by atoms with E-state index >= 15 is 0 Å². The van der Waals surface area contributed by atoms with Crippen molar-refractivity contribution in [3.05, 3.63) is 36.3 Å². The van der Waals surface area contributed by atoms with Gasteiger partial charge in [-0.3, -0.25) is 4.72 Å². The van der Waals surface area contributed by atoms with Gasteiger partial charge in [0, 0.05) is 12.7 Å². The topological polar surface area (TPSA) is 114 Å². The number of anilines is 2. The van der Waals surface area contributed by atoms with Gasteiger partial charge in [-0.15, -0.1) is 0 Å². The van der Waals surface area contributed by atoms with Gasteiger partial charge >= 0.3 is 0 Å². The molecule has 0 spiro atoms. The number of sulfonamides is 1. The molecule has 0 radical (unpaired) electrons. The molecule has 2 rings (SSSR count). The summed E-state index contributed by atoms with van der Waals surface area (Å²) in [5, 5.41) is 8.66. The van der Waals surface area contributed by atoms with Gasteiger partial charge in [0.05, 0.1) is 29.3 Å². The lowest BCUT2D eigenvalue weighted by molar-refractivity contribution is 0.598. The van der Waals surface area contributed by atoms with E-state index in [1.807, 2.05) is 13.0 Å². The van der Waals surface area contributed by atoms with Crippen LogP contribution >= 0.6 is 0 Å². The highest BCUT2D eigenvalue weighted by Gasteiger charge is 2.18. The number of rotatable bonds is 4. The molecule has 0 saturated heterocycles. The average Bonchev–Trinajstić information content (AvgIpc) is 2.90. The Kier molecular flexibility index (Phi) is 3.63. The molecule has 1 aromatic carbocycles. The van der Waals surface area contributed by atoms with Crippen molar-refractivity contribution in [3.63, 3.8) is 0 Å². The van der Waals surface area contributed by atoms with E-state index in [9.17, 15) is 8.42 Å². The van der Waals surface area contributed by atoms with E-state index in [1.165, 1.54) is 30.7 Å². The standard InChI is InChI=1S/C12H13N5O2S/c1-2-17-7-12(15-8-17)20(18,19)16-11-4-3-9(6-13)5-10(11)14/h3-5,7-8,16H,2,14H2,1H3. The van der Waals surface area contributed by atoms with Gasteiger partial charge in [-0.05, 0) is 25.1 Å². The number of nitrogens with two attached hydrogens (primary N) is 1. The monoisotopic (exact) mass is 291 g/mol. The quantitative estimate of drug-likeness (QED) is 0.820. The van der Waals surface area contributed by atoms with E-state index in [-0.39, 0.29) is 16.4 Å². The molecule has 3 N–H and O–H groups in total. The molecule has 20 heavy (non-hydrogen) atoms. The molecule has 1 heterocycles. The minimum absolute atomic E-state index is 0.0805. The summed E-state index contributed by atoms with van der Waals surface area (Å²) in [7, 11) is -3.79. The summed E-state index contributed by atoms with van der Waals surface area (Å²) >= 11 is 0. The number of hydrogen-bond donors (Lipinski definition) is 2. The molecule has 0 amide bonds. The van der Waals surface area contributed by atoms with Gasteiger partial charge in [-0.2, -0.15) is 13.7 Å². The van der Waals surface area contributed by atoms with Crippen molar-refractivity contribution in [1.82, 2.24) is 9.55 Å². The number of nitriles is 1. The third-order valence-corrected chi connectivity index (χ3v) is 3.93. The first-order valence-corrected chi connectivity index (χ1v) is 7.29. The number of aryl methyl sites for hydroxylation is 1. The van der Waals surface area contributed by atoms with Crippen LogP contribution in [0.25, 0.3) is 0 Å². The van der Waals surface area contributed by atoms with Gasteiger partial charge in [0.1, 0.15) is 0 Å². The fourth-order valence-corrected chi connectivity index (χ4v) is 2.61. The molecule has 0 atom stereocenters. The molecule has 0 saturated carbocycles. The molecule has 7 nitrogen and oxygen atoms in total. The minimum Gasteiger partial charge on any atom is -0.397 e. The predicted octanol–water partition coefficient (Wildman–Crippen LogP) is 1.16. The maximum Gasteiger partial charge on any atom is 0.281 e. The van der Waals surface area contributed by atoms with Crippen LogP contribution < -0.4 is 10.5 Å². The molecule has 0 bridgehead atoms. The summed E-state index contributed by atoms with van der Waals surface area (Å²) in [6.45, 7) is 2.51. The predicted molar refractivity (Wildman–Crippen MR) is 74.3 cm³/mol. The zero-order chi connectivity index (χ0) is 14.8. The highest BCUT2D eigenvalue weighted by molar-refractivity contribution is 7.92. The first-order valence-electron chi connectivity index (χ1n) is 5.80. The summed E-state index contributed by atoms with van der Waals surface area (Å²) in [5.41, 5.74) is 6.47. The highest BCUT2D eigenvalue weighted by Crippen LogP contribution is 2.22. The SMILES string of the molecule is CCn1cnc(S(=O)(=O)Nc2ccc(C#N)cc2N)c1. The molecule has 2 aromatic rings. The van der Waals surface area contributed by atoms with E-state index in [0.717, 1.165) is 0 Å². The Morgan fingerprint density at radius 3 is 2.80 bits per heavy atom. The van der Waals surface area contributed by atoms with Crippen molar-refractivity contribution in [1.29, 1.82) is 5.26 Å². The summed E-state index contributed by atoms with van der Waals surface area (Å²) in [4.78, 5) is 3.84. The van der Waals surface area contributed by atoms with E-state index < -0.39 is 10.0 Å². The Morgan fingerprint density at radius 2 is 2.25 bits per heavy atom. The van der Waals surface area contributed by atoms with Crippen molar-refractivity contribution < 1.29 is 8.42 Å². The summed E-state index contributed by atoms with van der Waals surface area (Å²) in [5.74, 6) is 0. The van der Waals surface area contributed by atoms with Crippen LogP contribution in [0.5, 0.6) is 0 Å². The first kappa shape index (κ1) is 13.9. The zero-order valence-corrected chi connectivity index (χ0v) is 11.6. The van der Waals surface area contributed by atoms with Crippen molar-refractivity contribution >= 4 is 21.4 Å². The molecule has 0 fully saturated rings. The highest BCUT2D eigenvalue weighted by atomic mass is 32.2.